The van der Waals surface area contributed by atoms with Crippen LogP contribution >= 0.6 is 0 Å². The third kappa shape index (κ3) is 3.21. The van der Waals surface area contributed by atoms with E-state index in [1.807, 2.05) is 13.8 Å². The number of hydrogen-bond donors (Lipinski definition) is 1. The van der Waals surface area contributed by atoms with Gasteiger partial charge in [0.1, 0.15) is 0 Å². The molecule has 2 unspecified atom stereocenters. The SMILES string of the molecule is CC.CCC1CCC1C.N. The van der Waals surface area contributed by atoms with Gasteiger partial charge >= 0.3 is 0 Å². The fourth-order valence-electron chi connectivity index (χ4n) is 1.34. The smallest absolute Gasteiger partial charge is 0.0391 e. The van der Waals surface area contributed by atoms with E-state index in [0.717, 1.165) is 11.8 Å². The van der Waals surface area contributed by atoms with Crippen molar-refractivity contribution < 1.29 is 0 Å². The third-order valence-electron chi connectivity index (χ3n) is 2.32. The summed E-state index contributed by atoms with van der Waals surface area (Å²) in [5.41, 5.74) is 0. The van der Waals surface area contributed by atoms with E-state index < -0.39 is 0 Å². The zero-order chi connectivity index (χ0) is 7.28. The van der Waals surface area contributed by atoms with Crippen LogP contribution in [0.4, 0.5) is 0 Å². The summed E-state index contributed by atoms with van der Waals surface area (Å²) in [5.74, 6) is 2.13. The molecule has 0 amide bonds. The summed E-state index contributed by atoms with van der Waals surface area (Å²) in [6.45, 7) is 8.65. The fraction of sp³-hybridized carbons (Fsp3) is 1.00. The molecule has 0 bridgehead atoms. The van der Waals surface area contributed by atoms with Gasteiger partial charge in [0, 0.05) is 0 Å². The lowest BCUT2D eigenvalue weighted by Gasteiger charge is -2.32. The second kappa shape index (κ2) is 7.07. The van der Waals surface area contributed by atoms with Gasteiger partial charge in [0.05, 0.1) is 0 Å². The molecule has 0 heterocycles. The molecule has 1 aliphatic carbocycles. The minimum absolute atomic E-state index is 0. The van der Waals surface area contributed by atoms with Gasteiger partial charge in [0.25, 0.3) is 0 Å². The molecule has 1 rings (SSSR count). The summed E-state index contributed by atoms with van der Waals surface area (Å²) in [7, 11) is 0. The van der Waals surface area contributed by atoms with E-state index in [-0.39, 0.29) is 6.15 Å². The lowest BCUT2D eigenvalue weighted by atomic mass is 9.74. The van der Waals surface area contributed by atoms with Gasteiger partial charge in [0.2, 0.25) is 0 Å². The maximum atomic E-state index is 2.36. The minimum Gasteiger partial charge on any atom is -0.344 e. The molecule has 0 aliphatic heterocycles. The lowest BCUT2D eigenvalue weighted by molar-refractivity contribution is 0.190. The predicted octanol–water partition coefficient (Wildman–Crippen LogP) is 3.63. The molecule has 2 atom stereocenters. The van der Waals surface area contributed by atoms with Crippen molar-refractivity contribution in [1.29, 1.82) is 0 Å². The second-order valence-electron chi connectivity index (χ2n) is 2.72. The fourth-order valence-corrected chi connectivity index (χ4v) is 1.34. The monoisotopic (exact) mass is 145 g/mol. The minimum atomic E-state index is 0. The van der Waals surface area contributed by atoms with E-state index in [4.69, 9.17) is 0 Å². The van der Waals surface area contributed by atoms with Crippen molar-refractivity contribution in [3.05, 3.63) is 0 Å². The highest BCUT2D eigenvalue weighted by molar-refractivity contribution is 4.75. The molecule has 0 radical (unpaired) electrons. The van der Waals surface area contributed by atoms with Gasteiger partial charge < -0.3 is 6.15 Å². The molecule has 1 aliphatic rings. The second-order valence-corrected chi connectivity index (χ2v) is 2.72. The highest BCUT2D eigenvalue weighted by Gasteiger charge is 2.23. The van der Waals surface area contributed by atoms with Crippen molar-refractivity contribution in [3.63, 3.8) is 0 Å². The van der Waals surface area contributed by atoms with Gasteiger partial charge in [-0.25, -0.2) is 0 Å². The van der Waals surface area contributed by atoms with Crippen LogP contribution in [0, 0.1) is 11.8 Å². The summed E-state index contributed by atoms with van der Waals surface area (Å²) in [4.78, 5) is 0. The van der Waals surface area contributed by atoms with Gasteiger partial charge in [-0.2, -0.15) is 0 Å². The molecular formula is C9H23N. The van der Waals surface area contributed by atoms with Crippen LogP contribution in [0.25, 0.3) is 0 Å². The Hall–Kier alpha value is -0.0400. The van der Waals surface area contributed by atoms with Crippen molar-refractivity contribution in [2.75, 3.05) is 0 Å². The van der Waals surface area contributed by atoms with Crippen LogP contribution in [0.2, 0.25) is 0 Å². The van der Waals surface area contributed by atoms with Crippen LogP contribution in [0.15, 0.2) is 0 Å². The Morgan fingerprint density at radius 2 is 1.70 bits per heavy atom. The average molecular weight is 145 g/mol. The normalized spacial score (nSPS) is 28.8. The summed E-state index contributed by atoms with van der Waals surface area (Å²) in [5, 5.41) is 0. The van der Waals surface area contributed by atoms with Crippen LogP contribution in [0.3, 0.4) is 0 Å². The Bertz CT molecular complexity index is 59.7. The Kier molecular flexibility index (Phi) is 8.92. The van der Waals surface area contributed by atoms with Gasteiger partial charge in [0.15, 0.2) is 0 Å². The van der Waals surface area contributed by atoms with E-state index >= 15 is 0 Å². The summed E-state index contributed by atoms with van der Waals surface area (Å²) in [6, 6.07) is 0. The van der Waals surface area contributed by atoms with Crippen LogP contribution in [-0.4, -0.2) is 0 Å². The molecule has 10 heavy (non-hydrogen) atoms. The summed E-state index contributed by atoms with van der Waals surface area (Å²) < 4.78 is 0. The van der Waals surface area contributed by atoms with Crippen LogP contribution in [0.1, 0.15) is 47.0 Å². The number of hydrogen-bond acceptors (Lipinski definition) is 1. The maximum absolute atomic E-state index is 2.36. The van der Waals surface area contributed by atoms with E-state index in [0.29, 0.717) is 0 Å². The first-order valence-corrected chi connectivity index (χ1v) is 4.34. The van der Waals surface area contributed by atoms with Gasteiger partial charge in [-0.1, -0.05) is 40.5 Å². The molecule has 3 N–H and O–H groups in total. The Morgan fingerprint density at radius 1 is 1.20 bits per heavy atom. The highest BCUT2D eigenvalue weighted by Crippen LogP contribution is 2.35. The van der Waals surface area contributed by atoms with E-state index in [2.05, 4.69) is 13.8 Å². The molecule has 0 saturated heterocycles. The predicted molar refractivity (Wildman–Crippen MR) is 48.5 cm³/mol. The molecule has 0 aromatic rings. The molecule has 1 saturated carbocycles. The molecule has 1 fully saturated rings. The van der Waals surface area contributed by atoms with Crippen molar-refractivity contribution in [2.45, 2.75) is 47.0 Å². The van der Waals surface area contributed by atoms with Crippen LogP contribution in [-0.2, 0) is 0 Å². The van der Waals surface area contributed by atoms with Gasteiger partial charge in [-0.05, 0) is 18.3 Å². The molecule has 0 aromatic carbocycles. The zero-order valence-electron chi connectivity index (χ0n) is 7.98. The van der Waals surface area contributed by atoms with E-state index in [9.17, 15) is 0 Å². The lowest BCUT2D eigenvalue weighted by Crippen LogP contribution is -2.21. The molecule has 1 nitrogen and oxygen atoms in total. The van der Waals surface area contributed by atoms with E-state index in [1.165, 1.54) is 19.3 Å². The van der Waals surface area contributed by atoms with Gasteiger partial charge in [-0.15, -0.1) is 0 Å². The van der Waals surface area contributed by atoms with Crippen molar-refractivity contribution in [1.82, 2.24) is 6.15 Å². The average Bonchev–Trinajstić information content (AvgIpc) is 1.91. The standard InChI is InChI=1S/C7H14.C2H6.H3N/c1-3-7-5-4-6(7)2;1-2;/h6-7H,3-5H2,1-2H3;1-2H3;1H3. The van der Waals surface area contributed by atoms with Crippen molar-refractivity contribution in [3.8, 4) is 0 Å². The largest absolute Gasteiger partial charge is 0.344 e. The maximum Gasteiger partial charge on any atom is -0.0391 e. The molecule has 1 heteroatoms. The first-order valence-electron chi connectivity index (χ1n) is 4.34. The Labute approximate surface area is 65.8 Å². The molecule has 0 aromatic heterocycles. The topological polar surface area (TPSA) is 35.0 Å². The first-order chi connectivity index (χ1) is 4.34. The summed E-state index contributed by atoms with van der Waals surface area (Å²) in [6.07, 6.45) is 4.39. The Balaban J connectivity index is 0. The first kappa shape index (κ1) is 12.6. The summed E-state index contributed by atoms with van der Waals surface area (Å²) >= 11 is 0. The quantitative estimate of drug-likeness (QED) is 0.600. The van der Waals surface area contributed by atoms with E-state index in [1.54, 1.807) is 0 Å². The van der Waals surface area contributed by atoms with Crippen LogP contribution in [0.5, 0.6) is 0 Å². The molecule has 64 valence electrons. The van der Waals surface area contributed by atoms with Crippen molar-refractivity contribution >= 4 is 0 Å². The van der Waals surface area contributed by atoms with Gasteiger partial charge in [-0.3, -0.25) is 0 Å². The zero-order valence-corrected chi connectivity index (χ0v) is 7.98. The Morgan fingerprint density at radius 3 is 1.70 bits per heavy atom. The third-order valence-corrected chi connectivity index (χ3v) is 2.32. The van der Waals surface area contributed by atoms with Crippen molar-refractivity contribution in [2.24, 2.45) is 11.8 Å². The van der Waals surface area contributed by atoms with Crippen LogP contribution < -0.4 is 6.15 Å². The number of rotatable bonds is 1. The molecular weight excluding hydrogens is 122 g/mol. The molecule has 0 spiro atoms. The highest BCUT2D eigenvalue weighted by atomic mass is 14.3.